The Kier molecular flexibility index (Phi) is 3.51. The number of Topliss-reactive ketones (excluding diaryl/α,β-unsaturated/α-hetero) is 1. The third-order valence-electron chi connectivity index (χ3n) is 3.27. The van der Waals surface area contributed by atoms with Gasteiger partial charge in [0.25, 0.3) is 0 Å². The lowest BCUT2D eigenvalue weighted by Gasteiger charge is -2.15. The predicted molar refractivity (Wildman–Crippen MR) is 72.5 cm³/mol. The minimum absolute atomic E-state index is 0.0586. The van der Waals surface area contributed by atoms with Crippen LogP contribution in [0.4, 0.5) is 0 Å². The van der Waals surface area contributed by atoms with Gasteiger partial charge in [-0.05, 0) is 25.5 Å². The van der Waals surface area contributed by atoms with Gasteiger partial charge in [0, 0.05) is 12.0 Å². The molecule has 1 aromatic rings. The number of carbonyl (C=O) groups excluding carboxylic acids is 1. The third kappa shape index (κ3) is 2.18. The van der Waals surface area contributed by atoms with Crippen LogP contribution in [0.1, 0.15) is 29.8 Å². The normalized spacial score (nSPS) is 16.5. The Hall–Kier alpha value is -1.97. The van der Waals surface area contributed by atoms with Gasteiger partial charge < -0.3 is 14.2 Å². The molecule has 0 amide bonds. The molecule has 102 valence electrons. The first kappa shape index (κ1) is 13.5. The van der Waals surface area contributed by atoms with Gasteiger partial charge in [-0.3, -0.25) is 4.79 Å². The van der Waals surface area contributed by atoms with Crippen molar-refractivity contribution < 1.29 is 19.0 Å². The highest BCUT2D eigenvalue weighted by atomic mass is 16.5. The molecule has 0 bridgehead atoms. The van der Waals surface area contributed by atoms with E-state index in [1.54, 1.807) is 7.11 Å². The molecular weight excluding hydrogens is 244 g/mol. The highest BCUT2D eigenvalue weighted by molar-refractivity contribution is 5.98. The Balaban J connectivity index is 2.60. The van der Waals surface area contributed by atoms with Crippen molar-refractivity contribution in [2.24, 2.45) is 0 Å². The molecule has 0 radical (unpaired) electrons. The van der Waals surface area contributed by atoms with Crippen LogP contribution in [0, 0.1) is 0 Å². The molecule has 0 aromatic heterocycles. The molecule has 0 spiro atoms. The van der Waals surface area contributed by atoms with Gasteiger partial charge in [0.15, 0.2) is 17.3 Å². The number of hydrogen-bond acceptors (Lipinski definition) is 4. The van der Waals surface area contributed by atoms with Crippen LogP contribution in [-0.2, 0) is 6.42 Å². The number of rotatable bonds is 4. The first-order valence-electron chi connectivity index (χ1n) is 6.10. The second kappa shape index (κ2) is 4.96. The van der Waals surface area contributed by atoms with Crippen molar-refractivity contribution in [2.75, 3.05) is 14.2 Å². The molecule has 19 heavy (non-hydrogen) atoms. The van der Waals surface area contributed by atoms with Crippen LogP contribution >= 0.6 is 0 Å². The summed E-state index contributed by atoms with van der Waals surface area (Å²) in [6.45, 7) is 7.34. The molecule has 1 aliphatic heterocycles. The average Bonchev–Trinajstić information content (AvgIpc) is 2.79. The summed E-state index contributed by atoms with van der Waals surface area (Å²) in [5.74, 6) is 1.50. The number of carbonyl (C=O) groups is 1. The van der Waals surface area contributed by atoms with Crippen LogP contribution in [0.3, 0.4) is 0 Å². The highest BCUT2D eigenvalue weighted by Gasteiger charge is 2.31. The van der Waals surface area contributed by atoms with Gasteiger partial charge in [-0.25, -0.2) is 0 Å². The lowest BCUT2D eigenvalue weighted by Crippen LogP contribution is -2.13. The fourth-order valence-electron chi connectivity index (χ4n) is 2.27. The van der Waals surface area contributed by atoms with E-state index in [0.717, 1.165) is 11.1 Å². The molecule has 0 saturated heterocycles. The Bertz CT molecular complexity index is 546. The molecule has 0 N–H and O–H groups in total. The topological polar surface area (TPSA) is 44.8 Å². The van der Waals surface area contributed by atoms with Gasteiger partial charge >= 0.3 is 0 Å². The number of benzene rings is 1. The van der Waals surface area contributed by atoms with Crippen molar-refractivity contribution in [1.29, 1.82) is 0 Å². The van der Waals surface area contributed by atoms with E-state index < -0.39 is 0 Å². The van der Waals surface area contributed by atoms with Gasteiger partial charge in [0.05, 0.1) is 19.8 Å². The quantitative estimate of drug-likeness (QED) is 0.618. The summed E-state index contributed by atoms with van der Waals surface area (Å²) in [5, 5.41) is 0. The fraction of sp³-hybridized carbons (Fsp3) is 0.400. The molecule has 4 heteroatoms. The summed E-state index contributed by atoms with van der Waals surface area (Å²) in [6, 6.07) is 1.82. The Labute approximate surface area is 113 Å². The van der Waals surface area contributed by atoms with E-state index in [1.165, 1.54) is 14.0 Å². The van der Waals surface area contributed by atoms with E-state index >= 15 is 0 Å². The summed E-state index contributed by atoms with van der Waals surface area (Å²) in [6.07, 6.45) is 0.626. The van der Waals surface area contributed by atoms with Crippen molar-refractivity contribution in [3.8, 4) is 17.2 Å². The van der Waals surface area contributed by atoms with Crippen LogP contribution in [0.5, 0.6) is 17.2 Å². The van der Waals surface area contributed by atoms with E-state index in [2.05, 4.69) is 6.58 Å². The minimum atomic E-state index is -0.0733. The molecular formula is C15H18O4. The summed E-state index contributed by atoms with van der Waals surface area (Å²) in [7, 11) is 3.06. The van der Waals surface area contributed by atoms with Crippen molar-refractivity contribution in [3.63, 3.8) is 0 Å². The molecule has 4 nitrogen and oxygen atoms in total. The molecule has 0 unspecified atom stereocenters. The van der Waals surface area contributed by atoms with Crippen LogP contribution in [0.2, 0.25) is 0 Å². The molecule has 0 fully saturated rings. The number of hydrogen-bond donors (Lipinski definition) is 0. The van der Waals surface area contributed by atoms with Gasteiger partial charge in [-0.2, -0.15) is 0 Å². The monoisotopic (exact) mass is 262 g/mol. The van der Waals surface area contributed by atoms with Crippen LogP contribution in [0.25, 0.3) is 0 Å². The zero-order valence-electron chi connectivity index (χ0n) is 11.7. The number of ether oxygens (including phenoxy) is 3. The van der Waals surface area contributed by atoms with Crippen molar-refractivity contribution in [2.45, 2.75) is 26.4 Å². The number of methoxy groups -OCH3 is 2. The Morgan fingerprint density at radius 3 is 2.42 bits per heavy atom. The van der Waals surface area contributed by atoms with E-state index in [4.69, 9.17) is 14.2 Å². The summed E-state index contributed by atoms with van der Waals surface area (Å²) in [4.78, 5) is 11.7. The largest absolute Gasteiger partial charge is 0.492 e. The Morgan fingerprint density at radius 2 is 1.95 bits per heavy atom. The fourth-order valence-corrected chi connectivity index (χ4v) is 2.27. The van der Waals surface area contributed by atoms with E-state index in [-0.39, 0.29) is 11.9 Å². The lowest BCUT2D eigenvalue weighted by molar-refractivity contribution is 0.101. The van der Waals surface area contributed by atoms with Gasteiger partial charge in [-0.15, -0.1) is 0 Å². The first-order valence-corrected chi connectivity index (χ1v) is 6.10. The maximum absolute atomic E-state index is 11.7. The van der Waals surface area contributed by atoms with Gasteiger partial charge in [-0.1, -0.05) is 6.58 Å². The lowest BCUT2D eigenvalue weighted by atomic mass is 10.0. The minimum Gasteiger partial charge on any atom is -0.492 e. The highest BCUT2D eigenvalue weighted by Crippen LogP contribution is 2.47. The summed E-state index contributed by atoms with van der Waals surface area (Å²) < 4.78 is 16.5. The SMILES string of the molecule is C=C(C)[C@@H]1Cc2cc(C(C)=O)c(OC)c(OC)c2O1. The van der Waals surface area contributed by atoms with Crippen LogP contribution in [0.15, 0.2) is 18.2 Å². The van der Waals surface area contributed by atoms with Crippen molar-refractivity contribution >= 4 is 5.78 Å². The van der Waals surface area contributed by atoms with Crippen molar-refractivity contribution in [3.05, 3.63) is 29.3 Å². The number of fused-ring (bicyclic) bond motifs is 1. The molecule has 2 rings (SSSR count). The maximum Gasteiger partial charge on any atom is 0.204 e. The van der Waals surface area contributed by atoms with E-state index in [9.17, 15) is 4.79 Å². The Morgan fingerprint density at radius 1 is 1.32 bits per heavy atom. The van der Waals surface area contributed by atoms with Crippen LogP contribution in [-0.4, -0.2) is 26.1 Å². The molecule has 0 aliphatic carbocycles. The molecule has 1 aliphatic rings. The molecule has 1 atom stereocenters. The maximum atomic E-state index is 11.7. The second-order valence-electron chi connectivity index (χ2n) is 4.69. The predicted octanol–water partition coefficient (Wildman–Crippen LogP) is 2.79. The van der Waals surface area contributed by atoms with Crippen molar-refractivity contribution in [1.82, 2.24) is 0 Å². The standard InChI is InChI=1S/C15H18O4/c1-8(2)12-7-10-6-11(9(3)16)14(17-4)15(18-5)13(10)19-12/h6,12H,1,7H2,2-5H3/t12-/m0/s1. The van der Waals surface area contributed by atoms with E-state index in [0.29, 0.717) is 29.2 Å². The van der Waals surface area contributed by atoms with Crippen LogP contribution < -0.4 is 14.2 Å². The zero-order chi connectivity index (χ0) is 14.2. The molecule has 0 saturated carbocycles. The zero-order valence-corrected chi connectivity index (χ0v) is 11.7. The van der Waals surface area contributed by atoms with E-state index in [1.807, 2.05) is 13.0 Å². The average molecular weight is 262 g/mol. The third-order valence-corrected chi connectivity index (χ3v) is 3.27. The van der Waals surface area contributed by atoms with Gasteiger partial charge in [0.2, 0.25) is 5.75 Å². The first-order chi connectivity index (χ1) is 8.99. The second-order valence-corrected chi connectivity index (χ2v) is 4.69. The van der Waals surface area contributed by atoms with Gasteiger partial charge in [0.1, 0.15) is 6.10 Å². The summed E-state index contributed by atoms with van der Waals surface area (Å²) in [5.41, 5.74) is 2.42. The number of ketones is 1. The molecule has 1 heterocycles. The summed E-state index contributed by atoms with van der Waals surface area (Å²) >= 11 is 0. The smallest absolute Gasteiger partial charge is 0.204 e. The molecule has 1 aromatic carbocycles.